The largest absolute Gasteiger partial charge is 0.380 e. The van der Waals surface area contributed by atoms with Gasteiger partial charge in [0.15, 0.2) is 0 Å². The van der Waals surface area contributed by atoms with Crippen LogP contribution in [0.25, 0.3) is 0 Å². The summed E-state index contributed by atoms with van der Waals surface area (Å²) >= 11 is 5.69. The van der Waals surface area contributed by atoms with E-state index in [0.717, 1.165) is 13.0 Å². The Morgan fingerprint density at radius 3 is 2.76 bits per heavy atom. The van der Waals surface area contributed by atoms with E-state index in [2.05, 4.69) is 18.8 Å². The van der Waals surface area contributed by atoms with Gasteiger partial charge >= 0.3 is 0 Å². The van der Waals surface area contributed by atoms with Gasteiger partial charge in [-0.3, -0.25) is 9.36 Å². The Morgan fingerprint density at radius 1 is 1.47 bits per heavy atom. The minimum absolute atomic E-state index is 0.130. The molecule has 1 aromatic rings. The number of rotatable bonds is 6. The van der Waals surface area contributed by atoms with Gasteiger partial charge < -0.3 is 4.74 Å². The maximum absolute atomic E-state index is 11.6. The lowest BCUT2D eigenvalue weighted by Crippen LogP contribution is -2.25. The molecule has 0 atom stereocenters. The summed E-state index contributed by atoms with van der Waals surface area (Å²) in [6.07, 6.45) is 1.03. The predicted molar refractivity (Wildman–Crippen MR) is 68.5 cm³/mol. The van der Waals surface area contributed by atoms with E-state index >= 15 is 0 Å². The Kier molecular flexibility index (Phi) is 5.65. The first-order valence-corrected chi connectivity index (χ1v) is 6.20. The molecule has 0 aliphatic carbocycles. The third-order valence-electron chi connectivity index (χ3n) is 2.47. The molecule has 0 amide bonds. The Morgan fingerprint density at radius 2 is 2.18 bits per heavy atom. The molecule has 0 aliphatic heterocycles. The van der Waals surface area contributed by atoms with Crippen LogP contribution < -0.4 is 5.56 Å². The van der Waals surface area contributed by atoms with Crippen LogP contribution in [0.15, 0.2) is 10.9 Å². The lowest BCUT2D eigenvalue weighted by Gasteiger charge is -2.10. The molecule has 5 heteroatoms. The van der Waals surface area contributed by atoms with Crippen LogP contribution in [0.1, 0.15) is 26.1 Å². The van der Waals surface area contributed by atoms with Crippen molar-refractivity contribution in [1.29, 1.82) is 0 Å². The van der Waals surface area contributed by atoms with Gasteiger partial charge in [0, 0.05) is 12.7 Å². The number of aryl methyl sites for hydroxylation is 1. The molecule has 1 heterocycles. The molecule has 1 rings (SSSR count). The summed E-state index contributed by atoms with van der Waals surface area (Å²) in [5, 5.41) is 0.240. The highest BCUT2D eigenvalue weighted by molar-refractivity contribution is 6.29. The number of hydrogen-bond donors (Lipinski definition) is 0. The molecule has 0 fully saturated rings. The van der Waals surface area contributed by atoms with Crippen LogP contribution in [0.5, 0.6) is 0 Å². The van der Waals surface area contributed by atoms with Gasteiger partial charge in [-0.05, 0) is 19.3 Å². The molecule has 1 aromatic heterocycles. The van der Waals surface area contributed by atoms with Gasteiger partial charge in [0.2, 0.25) is 0 Å². The van der Waals surface area contributed by atoms with Crippen LogP contribution in [0.4, 0.5) is 0 Å². The SMILES string of the molecule is Cc1nc(Cl)cc(=O)n1CCOCCC(C)C. The van der Waals surface area contributed by atoms with Crippen molar-refractivity contribution in [2.24, 2.45) is 5.92 Å². The van der Waals surface area contributed by atoms with Crippen molar-refractivity contribution >= 4 is 11.6 Å². The molecule has 4 nitrogen and oxygen atoms in total. The summed E-state index contributed by atoms with van der Waals surface area (Å²) in [5.41, 5.74) is -0.130. The standard InChI is InChI=1S/C12H19ClN2O2/c1-9(2)4-6-17-7-5-15-10(3)14-11(13)8-12(15)16/h8-9H,4-7H2,1-3H3. The third kappa shape index (κ3) is 4.88. The molecular formula is C12H19ClN2O2. The number of halogens is 1. The number of aromatic nitrogens is 2. The molecular weight excluding hydrogens is 240 g/mol. The molecule has 0 aliphatic rings. The van der Waals surface area contributed by atoms with E-state index in [-0.39, 0.29) is 10.7 Å². The van der Waals surface area contributed by atoms with E-state index < -0.39 is 0 Å². The normalized spacial score (nSPS) is 11.1. The van der Waals surface area contributed by atoms with E-state index in [0.29, 0.717) is 24.9 Å². The number of nitrogens with zero attached hydrogens (tertiary/aromatic N) is 2. The van der Waals surface area contributed by atoms with Gasteiger partial charge in [-0.25, -0.2) is 4.98 Å². The minimum Gasteiger partial charge on any atom is -0.380 e. The second kappa shape index (κ2) is 6.77. The highest BCUT2D eigenvalue weighted by Crippen LogP contribution is 2.02. The second-order valence-electron chi connectivity index (χ2n) is 4.41. The van der Waals surface area contributed by atoms with Gasteiger partial charge in [-0.2, -0.15) is 0 Å². The van der Waals surface area contributed by atoms with E-state index in [1.54, 1.807) is 11.5 Å². The van der Waals surface area contributed by atoms with Crippen molar-refractivity contribution in [1.82, 2.24) is 9.55 Å². The first kappa shape index (κ1) is 14.2. The Hall–Kier alpha value is -0.870. The quantitative estimate of drug-likeness (QED) is 0.581. The lowest BCUT2D eigenvalue weighted by molar-refractivity contribution is 0.115. The zero-order valence-electron chi connectivity index (χ0n) is 10.6. The third-order valence-corrected chi connectivity index (χ3v) is 2.66. The molecule has 0 spiro atoms. The molecule has 0 bridgehead atoms. The van der Waals surface area contributed by atoms with E-state index in [9.17, 15) is 4.79 Å². The Balaban J connectivity index is 2.45. The maximum Gasteiger partial charge on any atom is 0.255 e. The number of ether oxygens (including phenoxy) is 1. The highest BCUT2D eigenvalue weighted by Gasteiger charge is 2.03. The highest BCUT2D eigenvalue weighted by atomic mass is 35.5. The average Bonchev–Trinajstić information content (AvgIpc) is 2.20. The van der Waals surface area contributed by atoms with Gasteiger partial charge in [-0.1, -0.05) is 25.4 Å². The summed E-state index contributed by atoms with van der Waals surface area (Å²) in [5.74, 6) is 1.26. The van der Waals surface area contributed by atoms with Crippen molar-refractivity contribution in [2.45, 2.75) is 33.7 Å². The van der Waals surface area contributed by atoms with Crippen LogP contribution >= 0.6 is 11.6 Å². The van der Waals surface area contributed by atoms with Gasteiger partial charge in [0.05, 0.1) is 13.2 Å². The predicted octanol–water partition coefficient (Wildman–Crippen LogP) is 2.27. The molecule has 0 saturated heterocycles. The van der Waals surface area contributed by atoms with E-state index in [1.807, 2.05) is 0 Å². The van der Waals surface area contributed by atoms with Crippen LogP contribution in [-0.4, -0.2) is 22.8 Å². The first-order valence-electron chi connectivity index (χ1n) is 5.82. The van der Waals surface area contributed by atoms with Crippen molar-refractivity contribution in [3.05, 3.63) is 27.4 Å². The fraction of sp³-hybridized carbons (Fsp3) is 0.667. The van der Waals surface area contributed by atoms with Crippen LogP contribution in [0.2, 0.25) is 5.15 Å². The molecule has 0 saturated carbocycles. The summed E-state index contributed by atoms with van der Waals surface area (Å²) in [6, 6.07) is 1.32. The van der Waals surface area contributed by atoms with Crippen molar-refractivity contribution < 1.29 is 4.74 Å². The van der Waals surface area contributed by atoms with Crippen molar-refractivity contribution in [3.8, 4) is 0 Å². The summed E-state index contributed by atoms with van der Waals surface area (Å²) in [6.45, 7) is 7.85. The zero-order chi connectivity index (χ0) is 12.8. The van der Waals surface area contributed by atoms with Crippen molar-refractivity contribution in [2.75, 3.05) is 13.2 Å². The second-order valence-corrected chi connectivity index (χ2v) is 4.80. The maximum atomic E-state index is 11.6. The lowest BCUT2D eigenvalue weighted by atomic mass is 10.1. The van der Waals surface area contributed by atoms with Crippen LogP contribution in [0.3, 0.4) is 0 Å². The molecule has 0 aromatic carbocycles. The fourth-order valence-corrected chi connectivity index (χ4v) is 1.65. The number of hydrogen-bond acceptors (Lipinski definition) is 3. The zero-order valence-corrected chi connectivity index (χ0v) is 11.3. The molecule has 0 N–H and O–H groups in total. The van der Waals surface area contributed by atoms with E-state index in [4.69, 9.17) is 16.3 Å². The van der Waals surface area contributed by atoms with Crippen molar-refractivity contribution in [3.63, 3.8) is 0 Å². The summed E-state index contributed by atoms with van der Waals surface area (Å²) < 4.78 is 7.04. The topological polar surface area (TPSA) is 44.1 Å². The van der Waals surface area contributed by atoms with Gasteiger partial charge in [-0.15, -0.1) is 0 Å². The van der Waals surface area contributed by atoms with Crippen LogP contribution in [-0.2, 0) is 11.3 Å². The Labute approximate surface area is 107 Å². The average molecular weight is 259 g/mol. The van der Waals surface area contributed by atoms with Gasteiger partial charge in [0.25, 0.3) is 5.56 Å². The first-order chi connectivity index (χ1) is 8.00. The molecule has 96 valence electrons. The molecule has 17 heavy (non-hydrogen) atoms. The molecule has 0 radical (unpaired) electrons. The summed E-state index contributed by atoms with van der Waals surface area (Å²) in [4.78, 5) is 15.7. The van der Waals surface area contributed by atoms with E-state index in [1.165, 1.54) is 6.07 Å². The van der Waals surface area contributed by atoms with Crippen LogP contribution in [0, 0.1) is 12.8 Å². The smallest absolute Gasteiger partial charge is 0.255 e. The monoisotopic (exact) mass is 258 g/mol. The summed E-state index contributed by atoms with van der Waals surface area (Å²) in [7, 11) is 0. The minimum atomic E-state index is -0.130. The van der Waals surface area contributed by atoms with Gasteiger partial charge in [0.1, 0.15) is 11.0 Å². The molecule has 0 unspecified atom stereocenters. The Bertz CT molecular complexity index is 415. The fourth-order valence-electron chi connectivity index (χ4n) is 1.44.